The Kier molecular flexibility index (Phi) is 4.93. The minimum atomic E-state index is -3.73. The lowest BCUT2D eigenvalue weighted by atomic mass is 10.1. The van der Waals surface area contributed by atoms with Crippen LogP contribution in [0.25, 0.3) is 0 Å². The van der Waals surface area contributed by atoms with Crippen LogP contribution < -0.4 is 10.5 Å². The molecular weight excluding hydrogens is 376 g/mol. The van der Waals surface area contributed by atoms with Crippen LogP contribution in [0.15, 0.2) is 45.8 Å². The quantitative estimate of drug-likeness (QED) is 0.838. The summed E-state index contributed by atoms with van der Waals surface area (Å²) in [7, 11) is -3.73. The van der Waals surface area contributed by atoms with Gasteiger partial charge in [-0.25, -0.2) is 8.42 Å². The van der Waals surface area contributed by atoms with Crippen molar-refractivity contribution >= 4 is 43.2 Å². The third kappa shape index (κ3) is 3.77. The van der Waals surface area contributed by atoms with E-state index in [0.29, 0.717) is 15.2 Å². The Morgan fingerprint density at radius 1 is 1.29 bits per heavy atom. The summed E-state index contributed by atoms with van der Waals surface area (Å²) in [5.74, 6) is 0. The fraction of sp³-hybridized carbons (Fsp3) is 0.143. The van der Waals surface area contributed by atoms with Crippen molar-refractivity contribution in [3.05, 3.63) is 57.0 Å². The summed E-state index contributed by atoms with van der Waals surface area (Å²) in [5, 5.41) is 0.459. The zero-order valence-electron chi connectivity index (χ0n) is 11.2. The standard InChI is InChI=1S/C14H14BrClN2O2S/c1-9-5-10(8-17)6-13(14(9)15)21(19,20)18-12-4-2-3-11(16)7-12/h2-7,18H,8,17H2,1H3. The van der Waals surface area contributed by atoms with E-state index in [1.165, 1.54) is 0 Å². The molecule has 2 aromatic rings. The molecule has 4 nitrogen and oxygen atoms in total. The van der Waals surface area contributed by atoms with E-state index < -0.39 is 10.0 Å². The molecule has 0 unspecified atom stereocenters. The summed E-state index contributed by atoms with van der Waals surface area (Å²) in [6, 6.07) is 9.95. The van der Waals surface area contributed by atoms with Crippen molar-refractivity contribution in [2.24, 2.45) is 5.73 Å². The Bertz CT molecular complexity index is 779. The van der Waals surface area contributed by atoms with Crippen LogP contribution >= 0.6 is 27.5 Å². The van der Waals surface area contributed by atoms with Crippen LogP contribution in [-0.4, -0.2) is 8.42 Å². The molecule has 2 rings (SSSR count). The zero-order chi connectivity index (χ0) is 15.6. The fourth-order valence-corrected chi connectivity index (χ4v) is 4.19. The third-order valence-corrected chi connectivity index (χ3v) is 5.84. The molecule has 0 bridgehead atoms. The second kappa shape index (κ2) is 6.36. The van der Waals surface area contributed by atoms with Crippen molar-refractivity contribution in [3.63, 3.8) is 0 Å². The summed E-state index contributed by atoms with van der Waals surface area (Å²) >= 11 is 9.18. The summed E-state index contributed by atoms with van der Waals surface area (Å²) in [5.41, 5.74) is 7.57. The van der Waals surface area contributed by atoms with E-state index >= 15 is 0 Å². The molecule has 2 aromatic carbocycles. The summed E-state index contributed by atoms with van der Waals surface area (Å²) in [4.78, 5) is 0.155. The Hall–Kier alpha value is -1.08. The van der Waals surface area contributed by atoms with E-state index in [-0.39, 0.29) is 11.4 Å². The van der Waals surface area contributed by atoms with Gasteiger partial charge in [-0.15, -0.1) is 0 Å². The largest absolute Gasteiger partial charge is 0.326 e. The van der Waals surface area contributed by atoms with Gasteiger partial charge < -0.3 is 5.73 Å². The normalized spacial score (nSPS) is 11.4. The molecule has 0 atom stereocenters. The predicted octanol–water partition coefficient (Wildman–Crippen LogP) is 3.67. The predicted molar refractivity (Wildman–Crippen MR) is 89.0 cm³/mol. The maximum atomic E-state index is 12.5. The van der Waals surface area contributed by atoms with Gasteiger partial charge in [0, 0.05) is 16.0 Å². The summed E-state index contributed by atoms with van der Waals surface area (Å²) in [6.07, 6.45) is 0. The van der Waals surface area contributed by atoms with E-state index in [1.807, 2.05) is 13.0 Å². The number of aryl methyl sites for hydroxylation is 1. The van der Waals surface area contributed by atoms with Gasteiger partial charge in [0.15, 0.2) is 0 Å². The van der Waals surface area contributed by atoms with Gasteiger partial charge in [-0.2, -0.15) is 0 Å². The highest BCUT2D eigenvalue weighted by molar-refractivity contribution is 9.10. The number of hydrogen-bond donors (Lipinski definition) is 2. The van der Waals surface area contributed by atoms with Crippen LogP contribution in [0.5, 0.6) is 0 Å². The average molecular weight is 390 g/mol. The van der Waals surface area contributed by atoms with E-state index in [0.717, 1.165) is 11.1 Å². The number of benzene rings is 2. The van der Waals surface area contributed by atoms with Crippen molar-refractivity contribution in [2.75, 3.05) is 4.72 Å². The van der Waals surface area contributed by atoms with E-state index in [9.17, 15) is 8.42 Å². The minimum Gasteiger partial charge on any atom is -0.326 e. The highest BCUT2D eigenvalue weighted by Gasteiger charge is 2.20. The SMILES string of the molecule is Cc1cc(CN)cc(S(=O)(=O)Nc2cccc(Cl)c2)c1Br. The smallest absolute Gasteiger partial charge is 0.263 e. The molecule has 0 aliphatic carbocycles. The number of anilines is 1. The summed E-state index contributed by atoms with van der Waals surface area (Å²) in [6.45, 7) is 2.09. The number of halogens is 2. The Labute approximate surface area is 137 Å². The van der Waals surface area contributed by atoms with Crippen LogP contribution in [0.4, 0.5) is 5.69 Å². The van der Waals surface area contributed by atoms with Crippen molar-refractivity contribution in [3.8, 4) is 0 Å². The van der Waals surface area contributed by atoms with Crippen LogP contribution in [0.3, 0.4) is 0 Å². The van der Waals surface area contributed by atoms with Gasteiger partial charge in [-0.1, -0.05) is 23.7 Å². The second-order valence-electron chi connectivity index (χ2n) is 4.54. The average Bonchev–Trinajstić information content (AvgIpc) is 2.41. The number of hydrogen-bond acceptors (Lipinski definition) is 3. The van der Waals surface area contributed by atoms with Gasteiger partial charge >= 0.3 is 0 Å². The first kappa shape index (κ1) is 16.3. The Morgan fingerprint density at radius 2 is 2.00 bits per heavy atom. The van der Waals surface area contributed by atoms with Crippen molar-refractivity contribution in [1.29, 1.82) is 0 Å². The number of nitrogens with one attached hydrogen (secondary N) is 1. The highest BCUT2D eigenvalue weighted by Crippen LogP contribution is 2.29. The highest BCUT2D eigenvalue weighted by atomic mass is 79.9. The monoisotopic (exact) mass is 388 g/mol. The molecule has 0 amide bonds. The fourth-order valence-electron chi connectivity index (χ4n) is 1.88. The maximum absolute atomic E-state index is 12.5. The molecule has 21 heavy (non-hydrogen) atoms. The molecular formula is C14H14BrClN2O2S. The number of sulfonamides is 1. The molecule has 3 N–H and O–H groups in total. The maximum Gasteiger partial charge on any atom is 0.263 e. The third-order valence-electron chi connectivity index (χ3n) is 2.88. The molecule has 0 aliphatic rings. The molecule has 0 aliphatic heterocycles. The first-order valence-corrected chi connectivity index (χ1v) is 8.76. The molecule has 112 valence electrons. The molecule has 0 saturated carbocycles. The van der Waals surface area contributed by atoms with Gasteiger partial charge in [0.25, 0.3) is 10.0 Å². The van der Waals surface area contributed by atoms with Crippen LogP contribution in [-0.2, 0) is 16.6 Å². The lowest BCUT2D eigenvalue weighted by molar-refractivity contribution is 0.600. The van der Waals surface area contributed by atoms with Crippen molar-refractivity contribution in [2.45, 2.75) is 18.4 Å². The molecule has 0 spiro atoms. The molecule has 7 heteroatoms. The van der Waals surface area contributed by atoms with Crippen LogP contribution in [0.1, 0.15) is 11.1 Å². The van der Waals surface area contributed by atoms with Gasteiger partial charge in [0.2, 0.25) is 0 Å². The van der Waals surface area contributed by atoms with Crippen LogP contribution in [0, 0.1) is 6.92 Å². The van der Waals surface area contributed by atoms with Gasteiger partial charge in [-0.05, 0) is 58.2 Å². The van der Waals surface area contributed by atoms with Crippen molar-refractivity contribution in [1.82, 2.24) is 0 Å². The molecule has 0 fully saturated rings. The zero-order valence-corrected chi connectivity index (χ0v) is 14.4. The van der Waals surface area contributed by atoms with E-state index in [1.54, 1.807) is 30.3 Å². The topological polar surface area (TPSA) is 72.2 Å². The molecule has 0 radical (unpaired) electrons. The second-order valence-corrected chi connectivity index (χ2v) is 7.43. The minimum absolute atomic E-state index is 0.155. The first-order valence-electron chi connectivity index (χ1n) is 6.11. The van der Waals surface area contributed by atoms with Gasteiger partial charge in [0.05, 0.1) is 5.69 Å². The first-order chi connectivity index (χ1) is 9.83. The molecule has 0 aromatic heterocycles. The summed E-state index contributed by atoms with van der Waals surface area (Å²) < 4.78 is 28.1. The Morgan fingerprint density at radius 3 is 2.62 bits per heavy atom. The van der Waals surface area contributed by atoms with Gasteiger partial charge in [-0.3, -0.25) is 4.72 Å². The lowest BCUT2D eigenvalue weighted by Crippen LogP contribution is -2.15. The van der Waals surface area contributed by atoms with Crippen molar-refractivity contribution < 1.29 is 8.42 Å². The van der Waals surface area contributed by atoms with Gasteiger partial charge in [0.1, 0.15) is 4.90 Å². The Balaban J connectivity index is 2.47. The van der Waals surface area contributed by atoms with E-state index in [4.69, 9.17) is 17.3 Å². The molecule has 0 saturated heterocycles. The number of rotatable bonds is 4. The van der Waals surface area contributed by atoms with Crippen LogP contribution in [0.2, 0.25) is 5.02 Å². The van der Waals surface area contributed by atoms with E-state index in [2.05, 4.69) is 20.7 Å². The lowest BCUT2D eigenvalue weighted by Gasteiger charge is -2.13. The number of nitrogens with two attached hydrogens (primary N) is 1. The molecule has 0 heterocycles.